The summed E-state index contributed by atoms with van der Waals surface area (Å²) in [5.41, 5.74) is 1.62. The molecule has 0 unspecified atom stereocenters. The molecule has 1 aromatic heterocycles. The van der Waals surface area contributed by atoms with E-state index in [2.05, 4.69) is 4.98 Å². The van der Waals surface area contributed by atoms with Crippen molar-refractivity contribution in [3.63, 3.8) is 0 Å². The molecule has 19 heavy (non-hydrogen) atoms. The van der Waals surface area contributed by atoms with E-state index in [0.29, 0.717) is 12.2 Å². The van der Waals surface area contributed by atoms with Crippen molar-refractivity contribution in [3.8, 4) is 0 Å². The average Bonchev–Trinajstić information content (AvgIpc) is 2.94. The molecule has 1 N–H and O–H groups in total. The van der Waals surface area contributed by atoms with Crippen molar-refractivity contribution >= 4 is 11.8 Å². The number of piperidine rings is 1. The maximum absolute atomic E-state index is 12.6. The van der Waals surface area contributed by atoms with Gasteiger partial charge >= 0.3 is 0 Å². The molecule has 2 amide bonds. The van der Waals surface area contributed by atoms with E-state index in [0.717, 1.165) is 24.9 Å². The Labute approximate surface area is 112 Å². The number of aromatic nitrogens is 1. The minimum Gasteiger partial charge on any atom is -0.357 e. The van der Waals surface area contributed by atoms with Crippen molar-refractivity contribution in [1.82, 2.24) is 14.8 Å². The predicted molar refractivity (Wildman–Crippen MR) is 70.7 cm³/mol. The number of hydrogen-bond donors (Lipinski definition) is 1. The molecule has 3 rings (SSSR count). The molecule has 2 fully saturated rings. The van der Waals surface area contributed by atoms with Crippen LogP contribution in [-0.2, 0) is 4.79 Å². The number of amides is 2. The topological polar surface area (TPSA) is 56.4 Å². The molecule has 0 saturated carbocycles. The first-order valence-corrected chi connectivity index (χ1v) is 6.79. The number of nitrogens with zero attached hydrogens (tertiary/aromatic N) is 2. The van der Waals surface area contributed by atoms with Crippen LogP contribution in [0.1, 0.15) is 28.9 Å². The second kappa shape index (κ2) is 4.40. The first kappa shape index (κ1) is 12.3. The maximum Gasteiger partial charge on any atom is 0.270 e. The molecule has 2 aliphatic rings. The Morgan fingerprint density at radius 2 is 2.26 bits per heavy atom. The van der Waals surface area contributed by atoms with E-state index in [9.17, 15) is 9.59 Å². The highest BCUT2D eigenvalue weighted by atomic mass is 16.2. The van der Waals surface area contributed by atoms with E-state index >= 15 is 0 Å². The number of fused-ring (bicyclic) bond motifs is 1. The highest BCUT2D eigenvalue weighted by molar-refractivity contribution is 5.95. The van der Waals surface area contributed by atoms with Gasteiger partial charge in [0.2, 0.25) is 5.91 Å². The Morgan fingerprint density at radius 1 is 1.47 bits per heavy atom. The predicted octanol–water partition coefficient (Wildman–Crippen LogP) is 1.02. The third-order valence-corrected chi connectivity index (χ3v) is 4.36. The van der Waals surface area contributed by atoms with E-state index in [1.54, 1.807) is 11.1 Å². The van der Waals surface area contributed by atoms with Crippen molar-refractivity contribution in [2.24, 2.45) is 5.92 Å². The summed E-state index contributed by atoms with van der Waals surface area (Å²) < 4.78 is 0. The minimum atomic E-state index is -0.00188. The molecule has 2 aliphatic heterocycles. The number of carbonyl (C=O) groups is 2. The maximum atomic E-state index is 12.6. The standard InChI is InChI=1S/C14H19N3O2/c1-9-5-6-15-12(9)14(19)17-7-3-4-10-11(17)8-16(2)13(10)18/h5-6,10-11,15H,3-4,7-8H2,1-2H3/t10-,11-/m1/s1. The van der Waals surface area contributed by atoms with Crippen LogP contribution in [0.5, 0.6) is 0 Å². The smallest absolute Gasteiger partial charge is 0.270 e. The van der Waals surface area contributed by atoms with Crippen LogP contribution in [0.2, 0.25) is 0 Å². The summed E-state index contributed by atoms with van der Waals surface area (Å²) in [7, 11) is 1.82. The first-order chi connectivity index (χ1) is 9.09. The molecular formula is C14H19N3O2. The Kier molecular flexibility index (Phi) is 2.84. The van der Waals surface area contributed by atoms with Crippen molar-refractivity contribution in [1.29, 1.82) is 0 Å². The van der Waals surface area contributed by atoms with Gasteiger partial charge < -0.3 is 14.8 Å². The average molecular weight is 261 g/mol. The van der Waals surface area contributed by atoms with Crippen molar-refractivity contribution in [2.75, 3.05) is 20.1 Å². The lowest BCUT2D eigenvalue weighted by molar-refractivity contribution is -0.130. The number of likely N-dealkylation sites (tertiary alicyclic amines) is 2. The lowest BCUT2D eigenvalue weighted by Gasteiger charge is -2.35. The number of H-pyrrole nitrogens is 1. The number of rotatable bonds is 1. The fraction of sp³-hybridized carbons (Fsp3) is 0.571. The second-order valence-corrected chi connectivity index (χ2v) is 5.57. The molecule has 1 aromatic rings. The monoisotopic (exact) mass is 261 g/mol. The van der Waals surface area contributed by atoms with Crippen LogP contribution in [0.25, 0.3) is 0 Å². The van der Waals surface area contributed by atoms with Crippen LogP contribution >= 0.6 is 0 Å². The highest BCUT2D eigenvalue weighted by Gasteiger charge is 2.45. The van der Waals surface area contributed by atoms with E-state index in [1.807, 2.05) is 24.9 Å². The van der Waals surface area contributed by atoms with Gasteiger partial charge in [-0.3, -0.25) is 9.59 Å². The van der Waals surface area contributed by atoms with Gasteiger partial charge in [-0.1, -0.05) is 0 Å². The lowest BCUT2D eigenvalue weighted by Crippen LogP contribution is -2.49. The zero-order valence-electron chi connectivity index (χ0n) is 11.3. The number of aromatic amines is 1. The van der Waals surface area contributed by atoms with Gasteiger partial charge in [0.1, 0.15) is 5.69 Å². The van der Waals surface area contributed by atoms with Gasteiger partial charge in [-0.05, 0) is 31.4 Å². The molecule has 5 heteroatoms. The number of likely N-dealkylation sites (N-methyl/N-ethyl adjacent to an activating group) is 1. The largest absolute Gasteiger partial charge is 0.357 e. The SMILES string of the molecule is Cc1cc[nH]c1C(=O)N1CCC[C@H]2C(=O)N(C)C[C@H]21. The molecule has 0 aliphatic carbocycles. The summed E-state index contributed by atoms with van der Waals surface area (Å²) in [6, 6.07) is 1.95. The minimum absolute atomic E-state index is 0.00188. The molecule has 102 valence electrons. The van der Waals surface area contributed by atoms with Crippen molar-refractivity contribution < 1.29 is 9.59 Å². The summed E-state index contributed by atoms with van der Waals surface area (Å²) in [4.78, 5) is 31.3. The van der Waals surface area contributed by atoms with Gasteiger partial charge in [0.25, 0.3) is 5.91 Å². The Bertz CT molecular complexity index is 523. The quantitative estimate of drug-likeness (QED) is 0.820. The summed E-state index contributed by atoms with van der Waals surface area (Å²) in [6.07, 6.45) is 3.60. The van der Waals surface area contributed by atoms with Gasteiger partial charge in [0, 0.05) is 26.3 Å². The normalized spacial score (nSPS) is 26.7. The van der Waals surface area contributed by atoms with E-state index in [1.165, 1.54) is 0 Å². The fourth-order valence-electron chi connectivity index (χ4n) is 3.30. The summed E-state index contributed by atoms with van der Waals surface area (Å²) >= 11 is 0. The van der Waals surface area contributed by atoms with E-state index in [-0.39, 0.29) is 23.8 Å². The van der Waals surface area contributed by atoms with Crippen LogP contribution in [0.15, 0.2) is 12.3 Å². The van der Waals surface area contributed by atoms with Gasteiger partial charge in [-0.15, -0.1) is 0 Å². The lowest BCUT2D eigenvalue weighted by atomic mass is 9.91. The van der Waals surface area contributed by atoms with E-state index in [4.69, 9.17) is 0 Å². The Balaban J connectivity index is 1.87. The van der Waals surface area contributed by atoms with Crippen LogP contribution in [-0.4, -0.2) is 52.8 Å². The molecule has 0 spiro atoms. The number of aryl methyl sites for hydroxylation is 1. The van der Waals surface area contributed by atoms with Crippen LogP contribution in [0.3, 0.4) is 0 Å². The zero-order chi connectivity index (χ0) is 13.6. The van der Waals surface area contributed by atoms with Gasteiger partial charge in [0.05, 0.1) is 12.0 Å². The number of nitrogens with one attached hydrogen (secondary N) is 1. The third-order valence-electron chi connectivity index (χ3n) is 4.36. The summed E-state index contributed by atoms with van der Waals surface area (Å²) in [5.74, 6) is 0.212. The van der Waals surface area contributed by atoms with Crippen LogP contribution in [0.4, 0.5) is 0 Å². The molecule has 0 radical (unpaired) electrons. The van der Waals surface area contributed by atoms with Crippen LogP contribution in [0, 0.1) is 12.8 Å². The Hall–Kier alpha value is -1.78. The molecule has 5 nitrogen and oxygen atoms in total. The summed E-state index contributed by atoms with van der Waals surface area (Å²) in [5, 5.41) is 0. The molecule has 2 saturated heterocycles. The van der Waals surface area contributed by atoms with Gasteiger partial charge in [-0.25, -0.2) is 0 Å². The first-order valence-electron chi connectivity index (χ1n) is 6.79. The molecule has 3 heterocycles. The van der Waals surface area contributed by atoms with E-state index < -0.39 is 0 Å². The van der Waals surface area contributed by atoms with Gasteiger partial charge in [0.15, 0.2) is 0 Å². The molecule has 2 atom stereocenters. The Morgan fingerprint density at radius 3 is 2.95 bits per heavy atom. The molecule has 0 bridgehead atoms. The zero-order valence-corrected chi connectivity index (χ0v) is 11.3. The fourth-order valence-corrected chi connectivity index (χ4v) is 3.30. The number of carbonyl (C=O) groups excluding carboxylic acids is 2. The van der Waals surface area contributed by atoms with Crippen LogP contribution < -0.4 is 0 Å². The van der Waals surface area contributed by atoms with Crippen molar-refractivity contribution in [3.05, 3.63) is 23.5 Å². The third kappa shape index (κ3) is 1.84. The molecular weight excluding hydrogens is 242 g/mol. The van der Waals surface area contributed by atoms with Crippen molar-refractivity contribution in [2.45, 2.75) is 25.8 Å². The molecule has 0 aromatic carbocycles. The summed E-state index contributed by atoms with van der Waals surface area (Å²) in [6.45, 7) is 3.34. The number of hydrogen-bond acceptors (Lipinski definition) is 2. The highest BCUT2D eigenvalue weighted by Crippen LogP contribution is 2.32. The second-order valence-electron chi connectivity index (χ2n) is 5.57. The van der Waals surface area contributed by atoms with Gasteiger partial charge in [-0.2, -0.15) is 0 Å².